The molecule has 2 heterocycles. The maximum Gasteiger partial charge on any atom is 0.282 e. The highest BCUT2D eigenvalue weighted by atomic mass is 35.5. The highest BCUT2D eigenvalue weighted by Crippen LogP contribution is 2.37. The lowest BCUT2D eigenvalue weighted by Gasteiger charge is -2.08. The predicted molar refractivity (Wildman–Crippen MR) is 94.0 cm³/mol. The lowest BCUT2D eigenvalue weighted by atomic mass is 10.1. The van der Waals surface area contributed by atoms with Crippen LogP contribution < -0.4 is 0 Å². The van der Waals surface area contributed by atoms with Crippen molar-refractivity contribution in [2.75, 3.05) is 0 Å². The van der Waals surface area contributed by atoms with Crippen molar-refractivity contribution in [3.8, 4) is 11.3 Å². The van der Waals surface area contributed by atoms with Gasteiger partial charge in [-0.05, 0) is 49.2 Å². The lowest BCUT2D eigenvalue weighted by molar-refractivity contribution is 0.577. The number of halogens is 3. The molecule has 0 unspecified atom stereocenters. The SMILES string of the molecule is Cc1cc(S(=O)(=O)n2ccc(-c3cc(Cl)sc3Cl)n2)cc(C)c1F. The zero-order chi connectivity index (χ0) is 17.6. The molecule has 24 heavy (non-hydrogen) atoms. The van der Waals surface area contributed by atoms with Crippen LogP contribution in [-0.4, -0.2) is 17.6 Å². The molecule has 1 aromatic carbocycles. The van der Waals surface area contributed by atoms with Crippen molar-refractivity contribution in [3.05, 3.63) is 56.1 Å². The molecule has 9 heteroatoms. The fourth-order valence-corrected chi connectivity index (χ4v) is 5.03. The third kappa shape index (κ3) is 2.97. The quantitative estimate of drug-likeness (QED) is 0.622. The zero-order valence-corrected chi connectivity index (χ0v) is 15.7. The summed E-state index contributed by atoms with van der Waals surface area (Å²) in [4.78, 5) is -0.0250. The molecule has 0 aliphatic heterocycles. The summed E-state index contributed by atoms with van der Waals surface area (Å²) in [5.74, 6) is -0.421. The van der Waals surface area contributed by atoms with Gasteiger partial charge < -0.3 is 0 Å². The van der Waals surface area contributed by atoms with Crippen LogP contribution in [0.15, 0.2) is 35.4 Å². The van der Waals surface area contributed by atoms with E-state index in [-0.39, 0.29) is 16.0 Å². The van der Waals surface area contributed by atoms with E-state index >= 15 is 0 Å². The van der Waals surface area contributed by atoms with Crippen LogP contribution in [0, 0.1) is 19.7 Å². The normalized spacial score (nSPS) is 11.9. The van der Waals surface area contributed by atoms with Crippen molar-refractivity contribution in [3.63, 3.8) is 0 Å². The van der Waals surface area contributed by atoms with E-state index < -0.39 is 15.8 Å². The van der Waals surface area contributed by atoms with E-state index in [1.807, 2.05) is 0 Å². The summed E-state index contributed by atoms with van der Waals surface area (Å²) >= 11 is 13.1. The highest BCUT2D eigenvalue weighted by molar-refractivity contribution is 7.89. The number of aromatic nitrogens is 2. The van der Waals surface area contributed by atoms with Crippen molar-refractivity contribution in [1.29, 1.82) is 0 Å². The largest absolute Gasteiger partial charge is 0.282 e. The first-order valence-corrected chi connectivity index (χ1v) is 9.74. The van der Waals surface area contributed by atoms with Gasteiger partial charge in [0.1, 0.15) is 10.2 Å². The van der Waals surface area contributed by atoms with Crippen LogP contribution in [0.3, 0.4) is 0 Å². The molecule has 0 bridgehead atoms. The fourth-order valence-electron chi connectivity index (χ4n) is 2.26. The molecule has 0 radical (unpaired) electrons. The molecule has 126 valence electrons. The van der Waals surface area contributed by atoms with E-state index in [0.717, 1.165) is 4.09 Å². The topological polar surface area (TPSA) is 52.0 Å². The van der Waals surface area contributed by atoms with Gasteiger partial charge >= 0.3 is 0 Å². The van der Waals surface area contributed by atoms with Crippen LogP contribution in [0.2, 0.25) is 8.67 Å². The van der Waals surface area contributed by atoms with Crippen LogP contribution in [-0.2, 0) is 10.0 Å². The van der Waals surface area contributed by atoms with Gasteiger partial charge in [-0.1, -0.05) is 23.2 Å². The Hall–Kier alpha value is -1.41. The van der Waals surface area contributed by atoms with Crippen molar-refractivity contribution in [1.82, 2.24) is 9.19 Å². The molecule has 0 saturated heterocycles. The van der Waals surface area contributed by atoms with Gasteiger partial charge in [0.2, 0.25) is 0 Å². The van der Waals surface area contributed by atoms with Gasteiger partial charge in [0.25, 0.3) is 10.0 Å². The molecule has 0 spiro atoms. The van der Waals surface area contributed by atoms with Gasteiger partial charge in [-0.2, -0.15) is 17.6 Å². The number of nitrogens with zero attached hydrogens (tertiary/aromatic N) is 2. The second-order valence-electron chi connectivity index (χ2n) is 5.19. The van der Waals surface area contributed by atoms with E-state index in [1.165, 1.54) is 49.6 Å². The average Bonchev–Trinajstić information content (AvgIpc) is 3.10. The number of thiophene rings is 1. The zero-order valence-electron chi connectivity index (χ0n) is 12.5. The van der Waals surface area contributed by atoms with E-state index in [1.54, 1.807) is 6.07 Å². The smallest absolute Gasteiger partial charge is 0.206 e. The van der Waals surface area contributed by atoms with Crippen molar-refractivity contribution in [2.45, 2.75) is 18.7 Å². The minimum absolute atomic E-state index is 0.0250. The van der Waals surface area contributed by atoms with E-state index in [2.05, 4.69) is 5.10 Å². The van der Waals surface area contributed by atoms with Crippen molar-refractivity contribution < 1.29 is 12.8 Å². The van der Waals surface area contributed by atoms with Gasteiger partial charge in [0, 0.05) is 11.8 Å². The summed E-state index contributed by atoms with van der Waals surface area (Å²) in [6.07, 6.45) is 1.32. The van der Waals surface area contributed by atoms with E-state index in [0.29, 0.717) is 19.9 Å². The summed E-state index contributed by atoms with van der Waals surface area (Å²) in [6.45, 7) is 3.03. The summed E-state index contributed by atoms with van der Waals surface area (Å²) in [5, 5.41) is 4.08. The van der Waals surface area contributed by atoms with Gasteiger partial charge in [-0.25, -0.2) is 4.39 Å². The number of hydrogen-bond donors (Lipinski definition) is 0. The minimum atomic E-state index is -3.93. The molecule has 0 aliphatic carbocycles. The number of aryl methyl sites for hydroxylation is 2. The Morgan fingerprint density at radius 1 is 1.17 bits per heavy atom. The van der Waals surface area contributed by atoms with Crippen LogP contribution in [0.5, 0.6) is 0 Å². The Morgan fingerprint density at radius 3 is 2.33 bits per heavy atom. The van der Waals surface area contributed by atoms with Crippen molar-refractivity contribution in [2.24, 2.45) is 0 Å². The predicted octanol–water partition coefficient (Wildman–Crippen LogP) is 4.91. The second kappa shape index (κ2) is 6.15. The monoisotopic (exact) mass is 404 g/mol. The van der Waals surface area contributed by atoms with Gasteiger partial charge in [-0.15, -0.1) is 11.3 Å². The molecule has 3 aromatic rings. The molecule has 0 saturated carbocycles. The summed E-state index contributed by atoms with van der Waals surface area (Å²) in [5.41, 5.74) is 1.47. The lowest BCUT2D eigenvalue weighted by Crippen LogP contribution is -2.14. The molecule has 0 atom stereocenters. The first-order valence-electron chi connectivity index (χ1n) is 6.73. The number of hydrogen-bond acceptors (Lipinski definition) is 4. The third-order valence-electron chi connectivity index (χ3n) is 3.45. The summed E-state index contributed by atoms with van der Waals surface area (Å²) in [6, 6.07) is 5.73. The first-order chi connectivity index (χ1) is 11.2. The Labute approximate surface area is 152 Å². The molecular weight excluding hydrogens is 394 g/mol. The minimum Gasteiger partial charge on any atom is -0.206 e. The highest BCUT2D eigenvalue weighted by Gasteiger charge is 2.21. The number of rotatable bonds is 3. The standard InChI is InChI=1S/C15H11Cl2FN2O2S2/c1-8-5-10(6-9(2)14(8)18)24(21,22)20-4-3-12(19-20)11-7-13(16)23-15(11)17/h3-7H,1-2H3. The summed E-state index contributed by atoms with van der Waals surface area (Å²) in [7, 11) is -3.93. The van der Waals surface area contributed by atoms with Gasteiger partial charge in [0.15, 0.2) is 0 Å². The van der Waals surface area contributed by atoms with Crippen LogP contribution in [0.25, 0.3) is 11.3 Å². The van der Waals surface area contributed by atoms with Gasteiger partial charge in [0.05, 0.1) is 14.9 Å². The molecular formula is C15H11Cl2FN2O2S2. The van der Waals surface area contributed by atoms with E-state index in [9.17, 15) is 12.8 Å². The molecule has 0 aliphatic rings. The Balaban J connectivity index is 2.07. The average molecular weight is 405 g/mol. The van der Waals surface area contributed by atoms with Crippen LogP contribution in [0.1, 0.15) is 11.1 Å². The molecule has 0 N–H and O–H groups in total. The van der Waals surface area contributed by atoms with E-state index in [4.69, 9.17) is 23.2 Å². The molecule has 0 amide bonds. The molecule has 4 nitrogen and oxygen atoms in total. The summed E-state index contributed by atoms with van der Waals surface area (Å²) < 4.78 is 40.9. The Morgan fingerprint density at radius 2 is 1.79 bits per heavy atom. The van der Waals surface area contributed by atoms with Crippen LogP contribution >= 0.6 is 34.5 Å². The molecule has 2 aromatic heterocycles. The maximum absolute atomic E-state index is 13.7. The number of benzene rings is 1. The maximum atomic E-state index is 13.7. The van der Waals surface area contributed by atoms with Crippen LogP contribution in [0.4, 0.5) is 4.39 Å². The molecule has 0 fully saturated rings. The first kappa shape index (κ1) is 17.4. The second-order valence-corrected chi connectivity index (χ2v) is 9.27. The third-order valence-corrected chi connectivity index (χ3v) is 6.47. The van der Waals surface area contributed by atoms with Crippen molar-refractivity contribution >= 4 is 44.6 Å². The van der Waals surface area contributed by atoms with Gasteiger partial charge in [-0.3, -0.25) is 0 Å². The molecule has 3 rings (SSSR count). The fraction of sp³-hybridized carbons (Fsp3) is 0.133. The Bertz CT molecular complexity index is 1020. The Kier molecular flexibility index (Phi) is 4.46.